The second-order valence-corrected chi connectivity index (χ2v) is 11.9. The normalized spacial score (nSPS) is 18.0. The molecule has 1 aliphatic heterocycles. The summed E-state index contributed by atoms with van der Waals surface area (Å²) in [5.41, 5.74) is 0.374. The number of amides is 2. The average Bonchev–Trinajstić information content (AvgIpc) is 3.56. The molecule has 11 heteroatoms. The lowest BCUT2D eigenvalue weighted by molar-refractivity contribution is -0.129. The summed E-state index contributed by atoms with van der Waals surface area (Å²) in [6.07, 6.45) is 4.77. The van der Waals surface area contributed by atoms with Crippen LogP contribution in [0.3, 0.4) is 0 Å². The molecule has 0 bridgehead atoms. The monoisotopic (exact) mass is 615 g/mol. The number of amidine groups is 1. The molecule has 0 spiro atoms. The van der Waals surface area contributed by atoms with Crippen molar-refractivity contribution < 1.29 is 14.4 Å². The van der Waals surface area contributed by atoms with E-state index in [9.17, 15) is 14.4 Å². The number of hydrogen-bond acceptors (Lipinski definition) is 5. The fourth-order valence-corrected chi connectivity index (χ4v) is 5.95. The predicted molar refractivity (Wildman–Crippen MR) is 162 cm³/mol. The van der Waals surface area contributed by atoms with E-state index in [0.29, 0.717) is 24.3 Å². The van der Waals surface area contributed by atoms with Gasteiger partial charge in [0.15, 0.2) is 11.9 Å². The summed E-state index contributed by atoms with van der Waals surface area (Å²) >= 11 is 18.9. The van der Waals surface area contributed by atoms with Crippen LogP contribution >= 0.6 is 34.8 Å². The minimum Gasteiger partial charge on any atom is -0.310 e. The number of carbonyl (C=O) groups excluding carboxylic acids is 3. The number of hydrazone groups is 1. The Labute approximate surface area is 254 Å². The van der Waals surface area contributed by atoms with Gasteiger partial charge in [0, 0.05) is 28.7 Å². The lowest BCUT2D eigenvalue weighted by Crippen LogP contribution is -2.45. The summed E-state index contributed by atoms with van der Waals surface area (Å²) < 4.78 is 1.42. The van der Waals surface area contributed by atoms with E-state index in [1.54, 1.807) is 19.2 Å². The molecule has 0 fully saturated rings. The first-order valence-corrected chi connectivity index (χ1v) is 14.5. The zero-order valence-electron chi connectivity index (χ0n) is 23.3. The van der Waals surface area contributed by atoms with Gasteiger partial charge in [-0.05, 0) is 55.9 Å². The van der Waals surface area contributed by atoms with Gasteiger partial charge in [0.2, 0.25) is 5.91 Å². The van der Waals surface area contributed by atoms with Crippen LogP contribution in [0.1, 0.15) is 64.5 Å². The highest BCUT2D eigenvalue weighted by molar-refractivity contribution is 6.42. The van der Waals surface area contributed by atoms with Gasteiger partial charge >= 0.3 is 0 Å². The van der Waals surface area contributed by atoms with E-state index < -0.39 is 17.4 Å². The van der Waals surface area contributed by atoms with Gasteiger partial charge in [-0.1, -0.05) is 85.9 Å². The number of halogens is 3. The molecule has 1 N–H and O–H groups in total. The summed E-state index contributed by atoms with van der Waals surface area (Å²) in [7, 11) is 0. The van der Waals surface area contributed by atoms with E-state index in [0.717, 1.165) is 10.6 Å². The smallest absolute Gasteiger partial charge is 0.280 e. The topological polar surface area (TPSA) is 96.7 Å². The molecule has 4 unspecified atom stereocenters. The standard InChI is InChI=1S/C30H32Cl3N5O3/c1-5-30(4,17-21(14-18(2)19(3)39)20-10-7-6-8-11-20)29(41)35-27-26(37-13-9-12-34-37)28(40)38(36-27)25-23(32)15-22(31)16-24(25)33/h6-13,15-16,18,21,26H,5,14,17H2,1-4H3,(H,35,36,41). The fourth-order valence-electron chi connectivity index (χ4n) is 4.97. The maximum Gasteiger partial charge on any atom is 0.280 e. The molecule has 0 aliphatic carbocycles. The number of nitrogens with one attached hydrogen (secondary N) is 1. The maximum atomic E-state index is 14.0. The molecular formula is C30H32Cl3N5O3. The van der Waals surface area contributed by atoms with Crippen LogP contribution in [0.5, 0.6) is 0 Å². The second-order valence-electron chi connectivity index (χ2n) is 10.7. The molecule has 1 aromatic heterocycles. The van der Waals surface area contributed by atoms with Crippen molar-refractivity contribution >= 4 is 63.9 Å². The molecule has 3 aromatic rings. The highest BCUT2D eigenvalue weighted by atomic mass is 35.5. The molecule has 4 rings (SSSR count). The average molecular weight is 617 g/mol. The molecule has 0 radical (unpaired) electrons. The van der Waals surface area contributed by atoms with Gasteiger partial charge in [0.05, 0.1) is 10.0 Å². The Morgan fingerprint density at radius 2 is 1.76 bits per heavy atom. The van der Waals surface area contributed by atoms with Crippen LogP contribution in [-0.4, -0.2) is 33.2 Å². The van der Waals surface area contributed by atoms with E-state index in [2.05, 4.69) is 15.5 Å². The van der Waals surface area contributed by atoms with Crippen molar-refractivity contribution in [2.75, 3.05) is 5.01 Å². The van der Waals surface area contributed by atoms with Crippen molar-refractivity contribution in [2.24, 2.45) is 16.4 Å². The van der Waals surface area contributed by atoms with Crippen molar-refractivity contribution in [3.63, 3.8) is 0 Å². The Bertz CT molecular complexity index is 1440. The Morgan fingerprint density at radius 3 is 2.32 bits per heavy atom. The van der Waals surface area contributed by atoms with E-state index in [4.69, 9.17) is 34.8 Å². The number of rotatable bonds is 10. The van der Waals surface area contributed by atoms with E-state index in [1.807, 2.05) is 51.1 Å². The Hall–Kier alpha value is -3.20. The minimum absolute atomic E-state index is 0.0389. The number of anilines is 1. The molecule has 41 heavy (non-hydrogen) atoms. The number of carbonyl (C=O) groups is 3. The summed E-state index contributed by atoms with van der Waals surface area (Å²) in [6, 6.07) is 13.5. The third-order valence-electron chi connectivity index (χ3n) is 7.76. The van der Waals surface area contributed by atoms with Crippen molar-refractivity contribution in [1.29, 1.82) is 0 Å². The fraction of sp³-hybridized carbons (Fsp3) is 0.367. The third-order valence-corrected chi connectivity index (χ3v) is 8.56. The molecule has 2 heterocycles. The van der Waals surface area contributed by atoms with Crippen LogP contribution in [0.4, 0.5) is 5.69 Å². The van der Waals surface area contributed by atoms with Gasteiger partial charge in [-0.2, -0.15) is 10.1 Å². The molecule has 1 aliphatic rings. The number of benzene rings is 2. The van der Waals surface area contributed by atoms with Crippen LogP contribution < -0.4 is 10.3 Å². The highest BCUT2D eigenvalue weighted by Crippen LogP contribution is 2.41. The van der Waals surface area contributed by atoms with E-state index in [1.165, 1.54) is 23.0 Å². The first-order chi connectivity index (χ1) is 19.4. The molecular weight excluding hydrogens is 585 g/mol. The minimum atomic E-state index is -1.04. The lowest BCUT2D eigenvalue weighted by atomic mass is 9.73. The molecule has 4 atom stereocenters. The van der Waals surface area contributed by atoms with Gasteiger partial charge in [-0.25, -0.2) is 0 Å². The van der Waals surface area contributed by atoms with Gasteiger partial charge in [0.25, 0.3) is 5.91 Å². The maximum absolute atomic E-state index is 14.0. The van der Waals surface area contributed by atoms with Crippen LogP contribution in [-0.2, 0) is 14.4 Å². The van der Waals surface area contributed by atoms with Crippen molar-refractivity contribution in [3.05, 3.63) is 81.6 Å². The zero-order chi connectivity index (χ0) is 29.9. The number of ketones is 1. The quantitative estimate of drug-likeness (QED) is 0.264. The van der Waals surface area contributed by atoms with Gasteiger partial charge in [0.1, 0.15) is 11.5 Å². The van der Waals surface area contributed by atoms with E-state index in [-0.39, 0.29) is 45.1 Å². The molecule has 8 nitrogen and oxygen atoms in total. The van der Waals surface area contributed by atoms with E-state index >= 15 is 0 Å². The van der Waals surface area contributed by atoms with Crippen molar-refractivity contribution in [2.45, 2.75) is 58.9 Å². The zero-order valence-corrected chi connectivity index (χ0v) is 25.5. The Morgan fingerprint density at radius 1 is 1.10 bits per heavy atom. The van der Waals surface area contributed by atoms with Crippen LogP contribution in [0.25, 0.3) is 0 Å². The van der Waals surface area contributed by atoms with Gasteiger partial charge in [-0.3, -0.25) is 19.1 Å². The van der Waals surface area contributed by atoms with Gasteiger partial charge < -0.3 is 5.32 Å². The Balaban J connectivity index is 1.67. The number of hydrogen-bond donors (Lipinski definition) is 1. The molecule has 2 amide bonds. The van der Waals surface area contributed by atoms with Crippen LogP contribution in [0.15, 0.2) is 66.0 Å². The third kappa shape index (κ3) is 6.66. The molecule has 0 saturated carbocycles. The molecule has 0 saturated heterocycles. The predicted octanol–water partition coefficient (Wildman–Crippen LogP) is 7.07. The lowest BCUT2D eigenvalue weighted by Gasteiger charge is -2.32. The number of nitrogens with zero attached hydrogens (tertiary/aromatic N) is 4. The second kappa shape index (κ2) is 12.8. The van der Waals surface area contributed by atoms with Crippen molar-refractivity contribution in [3.8, 4) is 0 Å². The summed E-state index contributed by atoms with van der Waals surface area (Å²) in [5.74, 6) is -0.787. The first-order valence-electron chi connectivity index (χ1n) is 13.4. The number of Topliss-reactive ketones (excluding diaryl/α,β-unsaturated/α-hetero) is 1. The highest BCUT2D eigenvalue weighted by Gasteiger charge is 2.44. The first kappa shape index (κ1) is 30.8. The summed E-state index contributed by atoms with van der Waals surface area (Å²) in [5, 5.41) is 13.3. The molecule has 216 valence electrons. The van der Waals surface area contributed by atoms with Crippen LogP contribution in [0, 0.1) is 11.3 Å². The number of aromatic nitrogens is 2. The molecule has 2 aromatic carbocycles. The van der Waals surface area contributed by atoms with Gasteiger partial charge in [-0.15, -0.1) is 5.10 Å². The van der Waals surface area contributed by atoms with Crippen molar-refractivity contribution in [1.82, 2.24) is 15.1 Å². The van der Waals surface area contributed by atoms with Crippen LogP contribution in [0.2, 0.25) is 15.1 Å². The largest absolute Gasteiger partial charge is 0.310 e. The SMILES string of the molecule is CCC(C)(CC(CC(C)C(C)=O)c1ccccc1)C(=O)NC1=NN(c2c(Cl)cc(Cl)cc2Cl)C(=O)C1n1cccn1. The summed E-state index contributed by atoms with van der Waals surface area (Å²) in [6.45, 7) is 7.34. The summed E-state index contributed by atoms with van der Waals surface area (Å²) in [4.78, 5) is 39.8. The Kier molecular flexibility index (Phi) is 9.57.